The van der Waals surface area contributed by atoms with Crippen LogP contribution < -0.4 is 5.32 Å². The van der Waals surface area contributed by atoms with Crippen molar-refractivity contribution in [3.63, 3.8) is 0 Å². The molecule has 1 atom stereocenters. The molecule has 0 aromatic heterocycles. The van der Waals surface area contributed by atoms with E-state index in [0.29, 0.717) is 19.5 Å². The van der Waals surface area contributed by atoms with Crippen molar-refractivity contribution < 1.29 is 19.1 Å². The van der Waals surface area contributed by atoms with Gasteiger partial charge in [0.2, 0.25) is 5.91 Å². The van der Waals surface area contributed by atoms with E-state index in [-0.39, 0.29) is 29.2 Å². The van der Waals surface area contributed by atoms with E-state index in [0.717, 1.165) is 18.2 Å². The molecule has 0 spiro atoms. The number of likely N-dealkylation sites (tertiary alicyclic amines) is 1. The summed E-state index contributed by atoms with van der Waals surface area (Å²) < 4.78 is 13.1. The first-order valence-corrected chi connectivity index (χ1v) is 6.96. The summed E-state index contributed by atoms with van der Waals surface area (Å²) in [5, 5.41) is 12.3. The minimum atomic E-state index is -0.582. The van der Waals surface area contributed by atoms with Crippen molar-refractivity contribution >= 4 is 11.8 Å². The zero-order valence-electron chi connectivity index (χ0n) is 12.1. The SMILES string of the molecule is CC(C)C(=O)N1CC[C@@H](NC(=O)c2cc(F)ccc2O)C1. The Morgan fingerprint density at radius 2 is 2.14 bits per heavy atom. The van der Waals surface area contributed by atoms with Crippen molar-refractivity contribution in [2.45, 2.75) is 26.3 Å². The van der Waals surface area contributed by atoms with Crippen LogP contribution in [0.25, 0.3) is 0 Å². The van der Waals surface area contributed by atoms with Crippen molar-refractivity contribution in [2.75, 3.05) is 13.1 Å². The van der Waals surface area contributed by atoms with Crippen molar-refractivity contribution in [2.24, 2.45) is 5.92 Å². The van der Waals surface area contributed by atoms with Crippen LogP contribution in [0.3, 0.4) is 0 Å². The van der Waals surface area contributed by atoms with E-state index < -0.39 is 11.7 Å². The Labute approximate surface area is 122 Å². The summed E-state index contributed by atoms with van der Waals surface area (Å²) in [5.41, 5.74) is -0.0939. The number of amides is 2. The quantitative estimate of drug-likeness (QED) is 0.888. The van der Waals surface area contributed by atoms with Crippen LogP contribution in [0.5, 0.6) is 5.75 Å². The molecule has 1 saturated heterocycles. The second-order valence-electron chi connectivity index (χ2n) is 5.56. The Hall–Kier alpha value is -2.11. The number of carbonyl (C=O) groups excluding carboxylic acids is 2. The summed E-state index contributed by atoms with van der Waals surface area (Å²) in [4.78, 5) is 25.6. The first-order valence-electron chi connectivity index (χ1n) is 6.96. The normalized spacial score (nSPS) is 18.1. The van der Waals surface area contributed by atoms with Gasteiger partial charge in [-0.3, -0.25) is 9.59 Å². The fraction of sp³-hybridized carbons (Fsp3) is 0.467. The highest BCUT2D eigenvalue weighted by atomic mass is 19.1. The van der Waals surface area contributed by atoms with Crippen LogP contribution in [0.4, 0.5) is 4.39 Å². The molecule has 1 aromatic carbocycles. The number of benzene rings is 1. The number of aromatic hydroxyl groups is 1. The molecule has 0 bridgehead atoms. The maximum Gasteiger partial charge on any atom is 0.255 e. The summed E-state index contributed by atoms with van der Waals surface area (Å²) in [7, 11) is 0. The Balaban J connectivity index is 1.98. The van der Waals surface area contributed by atoms with Gasteiger partial charge in [0.15, 0.2) is 0 Å². The average molecular weight is 294 g/mol. The number of phenols is 1. The Kier molecular flexibility index (Phi) is 4.45. The smallest absolute Gasteiger partial charge is 0.255 e. The number of nitrogens with one attached hydrogen (secondary N) is 1. The molecule has 5 nitrogen and oxygen atoms in total. The van der Waals surface area contributed by atoms with Crippen molar-refractivity contribution in [3.8, 4) is 5.75 Å². The number of phenolic OH excluding ortho intramolecular Hbond substituents is 1. The van der Waals surface area contributed by atoms with Crippen LogP contribution in [-0.2, 0) is 4.79 Å². The molecule has 114 valence electrons. The van der Waals surface area contributed by atoms with E-state index in [1.165, 1.54) is 0 Å². The van der Waals surface area contributed by atoms with Crippen molar-refractivity contribution in [1.82, 2.24) is 10.2 Å². The maximum atomic E-state index is 13.1. The highest BCUT2D eigenvalue weighted by molar-refractivity contribution is 5.97. The lowest BCUT2D eigenvalue weighted by Gasteiger charge is -2.19. The molecular formula is C15H19FN2O3. The summed E-state index contributed by atoms with van der Waals surface area (Å²) in [5.74, 6) is -1.40. The molecule has 6 heteroatoms. The second kappa shape index (κ2) is 6.11. The van der Waals surface area contributed by atoms with Gasteiger partial charge >= 0.3 is 0 Å². The topological polar surface area (TPSA) is 69.6 Å². The van der Waals surface area contributed by atoms with Crippen LogP contribution >= 0.6 is 0 Å². The van der Waals surface area contributed by atoms with E-state index >= 15 is 0 Å². The molecule has 2 N–H and O–H groups in total. The summed E-state index contributed by atoms with van der Waals surface area (Å²) in [6.45, 7) is 4.70. The fourth-order valence-electron chi connectivity index (χ4n) is 2.40. The van der Waals surface area contributed by atoms with Gasteiger partial charge in [-0.25, -0.2) is 4.39 Å². The molecule has 0 aliphatic carbocycles. The zero-order chi connectivity index (χ0) is 15.6. The van der Waals surface area contributed by atoms with Gasteiger partial charge in [0, 0.05) is 25.0 Å². The number of nitrogens with zero attached hydrogens (tertiary/aromatic N) is 1. The minimum Gasteiger partial charge on any atom is -0.507 e. The molecule has 1 aliphatic rings. The maximum absolute atomic E-state index is 13.1. The average Bonchev–Trinajstić information content (AvgIpc) is 2.88. The highest BCUT2D eigenvalue weighted by Gasteiger charge is 2.29. The van der Waals surface area contributed by atoms with Crippen molar-refractivity contribution in [1.29, 1.82) is 0 Å². The van der Waals surface area contributed by atoms with E-state index in [4.69, 9.17) is 0 Å². The lowest BCUT2D eigenvalue weighted by molar-refractivity contribution is -0.133. The molecule has 2 rings (SSSR count). The van der Waals surface area contributed by atoms with Crippen LogP contribution in [0.2, 0.25) is 0 Å². The third-order valence-corrected chi connectivity index (χ3v) is 3.53. The molecule has 21 heavy (non-hydrogen) atoms. The van der Waals surface area contributed by atoms with Crippen LogP contribution in [-0.4, -0.2) is 41.0 Å². The molecule has 1 aliphatic heterocycles. The molecule has 1 aromatic rings. The van der Waals surface area contributed by atoms with Gasteiger partial charge in [-0.2, -0.15) is 0 Å². The lowest BCUT2D eigenvalue weighted by Crippen LogP contribution is -2.39. The van der Waals surface area contributed by atoms with Gasteiger partial charge < -0.3 is 15.3 Å². The molecule has 2 amide bonds. The first-order chi connectivity index (χ1) is 9.88. The van der Waals surface area contributed by atoms with E-state index in [1.807, 2.05) is 13.8 Å². The van der Waals surface area contributed by atoms with Gasteiger partial charge in [0.25, 0.3) is 5.91 Å². The van der Waals surface area contributed by atoms with E-state index in [1.54, 1.807) is 4.90 Å². The molecule has 0 radical (unpaired) electrons. The van der Waals surface area contributed by atoms with E-state index in [9.17, 15) is 19.1 Å². The molecule has 1 fully saturated rings. The third-order valence-electron chi connectivity index (χ3n) is 3.53. The van der Waals surface area contributed by atoms with Crippen molar-refractivity contribution in [3.05, 3.63) is 29.6 Å². The standard InChI is InChI=1S/C15H19FN2O3/c1-9(2)15(21)18-6-5-11(8-18)17-14(20)12-7-10(16)3-4-13(12)19/h3-4,7,9,11,19H,5-6,8H2,1-2H3,(H,17,20)/t11-/m1/s1. The number of hydrogen-bond donors (Lipinski definition) is 2. The molecule has 1 heterocycles. The predicted molar refractivity (Wildman–Crippen MR) is 75.4 cm³/mol. The molecule has 0 saturated carbocycles. The zero-order valence-corrected chi connectivity index (χ0v) is 12.1. The Bertz CT molecular complexity index is 560. The van der Waals surface area contributed by atoms with Gasteiger partial charge in [0.05, 0.1) is 5.56 Å². The van der Waals surface area contributed by atoms with Crippen LogP contribution in [0, 0.1) is 11.7 Å². The van der Waals surface area contributed by atoms with Gasteiger partial charge in [0.1, 0.15) is 11.6 Å². The summed E-state index contributed by atoms with van der Waals surface area (Å²) >= 11 is 0. The predicted octanol–water partition coefficient (Wildman–Crippen LogP) is 1.52. The molecule has 0 unspecified atom stereocenters. The number of rotatable bonds is 3. The first kappa shape index (κ1) is 15.3. The van der Waals surface area contributed by atoms with Gasteiger partial charge in [-0.05, 0) is 24.6 Å². The van der Waals surface area contributed by atoms with Crippen LogP contribution in [0.1, 0.15) is 30.6 Å². The largest absolute Gasteiger partial charge is 0.507 e. The second-order valence-corrected chi connectivity index (χ2v) is 5.56. The molecular weight excluding hydrogens is 275 g/mol. The summed E-state index contributed by atoms with van der Waals surface area (Å²) in [6.07, 6.45) is 0.653. The number of halogens is 1. The fourth-order valence-corrected chi connectivity index (χ4v) is 2.40. The number of hydrogen-bond acceptors (Lipinski definition) is 3. The van der Waals surface area contributed by atoms with Gasteiger partial charge in [-0.15, -0.1) is 0 Å². The lowest BCUT2D eigenvalue weighted by atomic mass is 10.1. The minimum absolute atomic E-state index is 0.0559. The third kappa shape index (κ3) is 3.51. The monoisotopic (exact) mass is 294 g/mol. The Morgan fingerprint density at radius 1 is 1.43 bits per heavy atom. The highest BCUT2D eigenvalue weighted by Crippen LogP contribution is 2.19. The van der Waals surface area contributed by atoms with E-state index in [2.05, 4.69) is 5.32 Å². The van der Waals surface area contributed by atoms with Gasteiger partial charge in [-0.1, -0.05) is 13.8 Å². The summed E-state index contributed by atoms with van der Waals surface area (Å²) in [6, 6.07) is 3.05. The van der Waals surface area contributed by atoms with Crippen LogP contribution in [0.15, 0.2) is 18.2 Å². The Morgan fingerprint density at radius 3 is 2.81 bits per heavy atom. The number of carbonyl (C=O) groups is 2.